The average Bonchev–Trinajstić information content (AvgIpc) is 2.86. The van der Waals surface area contributed by atoms with Crippen molar-refractivity contribution < 1.29 is 10.2 Å². The number of piperazine rings is 1. The molecule has 0 aromatic heterocycles. The predicted octanol–water partition coefficient (Wildman–Crippen LogP) is 1.39. The van der Waals surface area contributed by atoms with E-state index in [0.29, 0.717) is 18.8 Å². The summed E-state index contributed by atoms with van der Waals surface area (Å²) in [5, 5.41) is 20.7. The minimum Gasteiger partial charge on any atom is -0.507 e. The van der Waals surface area contributed by atoms with Gasteiger partial charge in [0, 0.05) is 61.0 Å². The number of phenolic OH excluding ortho intramolecular Hbond substituents is 1. The Morgan fingerprint density at radius 3 is 2.52 bits per heavy atom. The Labute approximate surface area is 164 Å². The summed E-state index contributed by atoms with van der Waals surface area (Å²) in [6.45, 7) is 6.43. The maximum Gasteiger partial charge on any atom is 0.133 e. The van der Waals surface area contributed by atoms with E-state index in [1.54, 1.807) is 0 Å². The molecule has 2 aliphatic heterocycles. The lowest BCUT2D eigenvalue weighted by atomic mass is 10.1. The van der Waals surface area contributed by atoms with Gasteiger partial charge in [0.1, 0.15) is 5.75 Å². The topological polar surface area (TPSA) is 50.2 Å². The van der Waals surface area contributed by atoms with Crippen LogP contribution >= 0.6 is 45.2 Å². The first-order valence-corrected chi connectivity index (χ1v) is 10.1. The molecule has 3 rings (SSSR count). The molecule has 2 saturated heterocycles. The highest BCUT2D eigenvalue weighted by Crippen LogP contribution is 2.29. The Hall–Kier alpha value is 0.320. The first-order chi connectivity index (χ1) is 10.9. The van der Waals surface area contributed by atoms with Gasteiger partial charge in [0.05, 0.1) is 9.67 Å². The third-order valence-electron chi connectivity index (χ3n) is 4.84. The van der Waals surface area contributed by atoms with Crippen molar-refractivity contribution in [1.29, 1.82) is 0 Å². The number of β-amino-alcohol motifs (C(OH)–C–C–N with tert-alkyl or cyclic N) is 1. The summed E-state index contributed by atoms with van der Waals surface area (Å²) in [4.78, 5) is 7.01. The second kappa shape index (κ2) is 7.69. The van der Waals surface area contributed by atoms with Crippen LogP contribution in [0.4, 0.5) is 0 Å². The lowest BCUT2D eigenvalue weighted by molar-refractivity contribution is 0.0512. The number of benzene rings is 1. The zero-order valence-corrected chi connectivity index (χ0v) is 17.6. The number of aromatic hydroxyl groups is 1. The molecular weight excluding hydrogens is 520 g/mol. The molecule has 23 heavy (non-hydrogen) atoms. The molecule has 0 bridgehead atoms. The standard InChI is InChI=1S/C16H23I2N3O2/c1-19-2-4-21(5-3-19)14-9-20(10-15(14)22)8-11-6-12(17)7-13(18)16(11)23/h6-7,14-15,22-23H,2-5,8-10H2,1H3/t14-,15-/m0/s1. The second-order valence-electron chi connectivity index (χ2n) is 6.56. The molecule has 0 unspecified atom stereocenters. The predicted molar refractivity (Wildman–Crippen MR) is 108 cm³/mol. The monoisotopic (exact) mass is 543 g/mol. The Balaban J connectivity index is 1.65. The average molecular weight is 543 g/mol. The number of likely N-dealkylation sites (tertiary alicyclic amines) is 1. The largest absolute Gasteiger partial charge is 0.507 e. The quantitative estimate of drug-likeness (QED) is 0.566. The van der Waals surface area contributed by atoms with Crippen molar-refractivity contribution in [1.82, 2.24) is 14.7 Å². The molecule has 2 heterocycles. The number of phenols is 1. The van der Waals surface area contributed by atoms with Gasteiger partial charge in [0.15, 0.2) is 0 Å². The summed E-state index contributed by atoms with van der Waals surface area (Å²) in [5.74, 6) is 0.378. The summed E-state index contributed by atoms with van der Waals surface area (Å²) >= 11 is 4.45. The zero-order chi connectivity index (χ0) is 16.6. The molecule has 7 heteroatoms. The molecule has 2 atom stereocenters. The number of nitrogens with zero attached hydrogens (tertiary/aromatic N) is 3. The van der Waals surface area contributed by atoms with Crippen LogP contribution in [0.3, 0.4) is 0 Å². The van der Waals surface area contributed by atoms with Crippen LogP contribution in [0.25, 0.3) is 0 Å². The van der Waals surface area contributed by atoms with Crippen LogP contribution in [0, 0.1) is 7.14 Å². The molecule has 1 aromatic carbocycles. The van der Waals surface area contributed by atoms with Gasteiger partial charge >= 0.3 is 0 Å². The zero-order valence-electron chi connectivity index (χ0n) is 13.3. The smallest absolute Gasteiger partial charge is 0.133 e. The van der Waals surface area contributed by atoms with Gasteiger partial charge in [-0.05, 0) is 64.4 Å². The van der Waals surface area contributed by atoms with E-state index in [0.717, 1.165) is 45.4 Å². The molecule has 0 amide bonds. The fourth-order valence-corrected chi connectivity index (χ4v) is 5.43. The Morgan fingerprint density at radius 1 is 1.13 bits per heavy atom. The Bertz CT molecular complexity index is 565. The van der Waals surface area contributed by atoms with Crippen LogP contribution in [0.2, 0.25) is 0 Å². The highest BCUT2D eigenvalue weighted by atomic mass is 127. The third kappa shape index (κ3) is 4.30. The molecule has 0 saturated carbocycles. The van der Waals surface area contributed by atoms with Gasteiger partial charge in [-0.15, -0.1) is 0 Å². The van der Waals surface area contributed by atoms with Gasteiger partial charge < -0.3 is 15.1 Å². The number of hydrogen-bond acceptors (Lipinski definition) is 5. The van der Waals surface area contributed by atoms with Crippen LogP contribution in [0.1, 0.15) is 5.56 Å². The molecule has 0 spiro atoms. The first-order valence-electron chi connectivity index (χ1n) is 7.94. The van der Waals surface area contributed by atoms with E-state index >= 15 is 0 Å². The first kappa shape index (κ1) is 18.1. The molecule has 128 valence electrons. The number of hydrogen-bond donors (Lipinski definition) is 2. The fraction of sp³-hybridized carbons (Fsp3) is 0.625. The fourth-order valence-electron chi connectivity index (χ4n) is 3.47. The Kier molecular flexibility index (Phi) is 6.06. The van der Waals surface area contributed by atoms with Crippen molar-refractivity contribution in [2.24, 2.45) is 0 Å². The van der Waals surface area contributed by atoms with Crippen molar-refractivity contribution in [3.63, 3.8) is 0 Å². The summed E-state index contributed by atoms with van der Waals surface area (Å²) in [7, 11) is 2.15. The molecule has 2 aliphatic rings. The van der Waals surface area contributed by atoms with E-state index in [1.807, 2.05) is 12.1 Å². The minimum absolute atomic E-state index is 0.215. The summed E-state index contributed by atoms with van der Waals surface area (Å²) in [5.41, 5.74) is 0.951. The van der Waals surface area contributed by atoms with Crippen molar-refractivity contribution in [3.05, 3.63) is 24.8 Å². The number of halogens is 2. The minimum atomic E-state index is -0.303. The van der Waals surface area contributed by atoms with Crippen LogP contribution in [-0.4, -0.2) is 83.4 Å². The van der Waals surface area contributed by atoms with Gasteiger partial charge in [-0.25, -0.2) is 0 Å². The molecule has 0 aliphatic carbocycles. The van der Waals surface area contributed by atoms with Crippen LogP contribution < -0.4 is 0 Å². The van der Waals surface area contributed by atoms with E-state index in [1.165, 1.54) is 0 Å². The Morgan fingerprint density at radius 2 is 1.83 bits per heavy atom. The molecule has 0 radical (unpaired) electrons. The van der Waals surface area contributed by atoms with Gasteiger partial charge in [0.2, 0.25) is 0 Å². The van der Waals surface area contributed by atoms with Crippen LogP contribution in [-0.2, 0) is 6.54 Å². The summed E-state index contributed by atoms with van der Waals surface area (Å²) in [6.07, 6.45) is -0.303. The maximum atomic E-state index is 10.5. The number of rotatable bonds is 3. The molecule has 2 fully saturated rings. The maximum absolute atomic E-state index is 10.5. The van der Waals surface area contributed by atoms with Crippen molar-refractivity contribution in [2.75, 3.05) is 46.3 Å². The molecular formula is C16H23I2N3O2. The molecule has 1 aromatic rings. The highest BCUT2D eigenvalue weighted by Gasteiger charge is 2.36. The second-order valence-corrected chi connectivity index (χ2v) is 8.97. The number of aliphatic hydroxyl groups is 1. The van der Waals surface area contributed by atoms with Crippen LogP contribution in [0.15, 0.2) is 12.1 Å². The lowest BCUT2D eigenvalue weighted by Gasteiger charge is -2.37. The molecule has 5 nitrogen and oxygen atoms in total. The van der Waals surface area contributed by atoms with Crippen LogP contribution in [0.5, 0.6) is 5.75 Å². The molecule has 2 N–H and O–H groups in total. The lowest BCUT2D eigenvalue weighted by Crippen LogP contribution is -2.52. The van der Waals surface area contributed by atoms with Gasteiger partial charge in [-0.1, -0.05) is 0 Å². The van der Waals surface area contributed by atoms with Gasteiger partial charge in [-0.2, -0.15) is 0 Å². The normalized spacial score (nSPS) is 27.7. The summed E-state index contributed by atoms with van der Waals surface area (Å²) in [6, 6.07) is 4.23. The van der Waals surface area contributed by atoms with E-state index in [-0.39, 0.29) is 12.1 Å². The van der Waals surface area contributed by atoms with Crippen molar-refractivity contribution in [2.45, 2.75) is 18.7 Å². The van der Waals surface area contributed by atoms with Gasteiger partial charge in [-0.3, -0.25) is 9.80 Å². The van der Waals surface area contributed by atoms with E-state index in [4.69, 9.17) is 0 Å². The SMILES string of the molecule is CN1CCN([C@H]2CN(Cc3cc(I)cc(I)c3O)C[C@@H]2O)CC1. The van der Waals surface area contributed by atoms with E-state index in [9.17, 15) is 10.2 Å². The number of aliphatic hydroxyl groups excluding tert-OH is 1. The van der Waals surface area contributed by atoms with Gasteiger partial charge in [0.25, 0.3) is 0 Å². The third-order valence-corrected chi connectivity index (χ3v) is 6.29. The summed E-state index contributed by atoms with van der Waals surface area (Å²) < 4.78 is 2.02. The number of likely N-dealkylation sites (N-methyl/N-ethyl adjacent to an activating group) is 1. The highest BCUT2D eigenvalue weighted by molar-refractivity contribution is 14.1. The van der Waals surface area contributed by atoms with Crippen molar-refractivity contribution >= 4 is 45.2 Å². The van der Waals surface area contributed by atoms with E-state index < -0.39 is 0 Å². The van der Waals surface area contributed by atoms with Crippen molar-refractivity contribution in [3.8, 4) is 5.75 Å². The van der Waals surface area contributed by atoms with E-state index in [2.05, 4.69) is 66.9 Å².